The fourth-order valence-corrected chi connectivity index (χ4v) is 3.43. The number of aryl methyl sites for hydroxylation is 1. The highest BCUT2D eigenvalue weighted by Crippen LogP contribution is 2.24. The first kappa shape index (κ1) is 19.4. The molecule has 2 rings (SSSR count). The molecule has 25 heavy (non-hydrogen) atoms. The summed E-state index contributed by atoms with van der Waals surface area (Å²) in [4.78, 5) is 26.8. The summed E-state index contributed by atoms with van der Waals surface area (Å²) in [6.07, 6.45) is 3.60. The molecular formula is C20H31N3O2. The van der Waals surface area contributed by atoms with Gasteiger partial charge >= 0.3 is 0 Å². The van der Waals surface area contributed by atoms with Crippen molar-refractivity contribution in [2.24, 2.45) is 11.7 Å². The minimum atomic E-state index is -0.0278. The van der Waals surface area contributed by atoms with Crippen LogP contribution in [-0.4, -0.2) is 35.3 Å². The molecule has 0 radical (unpaired) electrons. The smallest absolute Gasteiger partial charge is 0.254 e. The van der Waals surface area contributed by atoms with Crippen LogP contribution in [0.4, 0.5) is 5.69 Å². The maximum absolute atomic E-state index is 12.9. The number of hydrogen-bond donors (Lipinski definition) is 2. The Morgan fingerprint density at radius 2 is 2.00 bits per heavy atom. The molecule has 1 heterocycles. The van der Waals surface area contributed by atoms with Gasteiger partial charge < -0.3 is 16.0 Å². The Morgan fingerprint density at radius 1 is 1.28 bits per heavy atom. The molecule has 3 N–H and O–H groups in total. The molecule has 1 saturated heterocycles. The molecule has 5 heteroatoms. The fraction of sp³-hybridized carbons (Fsp3) is 0.600. The number of likely N-dealkylation sites (tertiary alicyclic amines) is 1. The van der Waals surface area contributed by atoms with Crippen molar-refractivity contribution < 1.29 is 9.59 Å². The Bertz CT molecular complexity index is 625. The van der Waals surface area contributed by atoms with E-state index in [1.807, 2.05) is 44.7 Å². The molecule has 0 bridgehead atoms. The van der Waals surface area contributed by atoms with Crippen LogP contribution in [0.3, 0.4) is 0 Å². The number of nitrogens with two attached hydrogens (primary N) is 1. The van der Waals surface area contributed by atoms with Gasteiger partial charge in [0.25, 0.3) is 5.91 Å². The van der Waals surface area contributed by atoms with Crippen molar-refractivity contribution >= 4 is 17.5 Å². The Hall–Kier alpha value is -1.88. The van der Waals surface area contributed by atoms with Crippen molar-refractivity contribution in [3.05, 3.63) is 29.3 Å². The van der Waals surface area contributed by atoms with Crippen LogP contribution < -0.4 is 11.1 Å². The summed E-state index contributed by atoms with van der Waals surface area (Å²) < 4.78 is 0. The third-order valence-electron chi connectivity index (χ3n) is 4.76. The highest BCUT2D eigenvalue weighted by Gasteiger charge is 2.29. The molecule has 2 amide bonds. The van der Waals surface area contributed by atoms with Crippen LogP contribution in [-0.2, 0) is 4.79 Å². The topological polar surface area (TPSA) is 75.4 Å². The van der Waals surface area contributed by atoms with E-state index < -0.39 is 0 Å². The third-order valence-corrected chi connectivity index (χ3v) is 4.76. The summed E-state index contributed by atoms with van der Waals surface area (Å²) in [6, 6.07) is 5.56. The van der Waals surface area contributed by atoms with E-state index in [4.69, 9.17) is 5.73 Å². The molecule has 2 unspecified atom stereocenters. The number of anilines is 1. The predicted octanol–water partition coefficient (Wildman–Crippen LogP) is 3.32. The lowest BCUT2D eigenvalue weighted by Crippen LogP contribution is -2.51. The molecule has 0 aliphatic carbocycles. The van der Waals surface area contributed by atoms with E-state index >= 15 is 0 Å². The minimum absolute atomic E-state index is 0.00484. The number of rotatable bonds is 5. The van der Waals surface area contributed by atoms with Gasteiger partial charge in [0.05, 0.1) is 0 Å². The van der Waals surface area contributed by atoms with Gasteiger partial charge in [0, 0.05) is 36.3 Å². The first-order chi connectivity index (χ1) is 11.8. The largest absolute Gasteiger partial charge is 0.334 e. The highest BCUT2D eigenvalue weighted by molar-refractivity contribution is 5.96. The molecule has 1 aliphatic rings. The number of amides is 2. The Kier molecular flexibility index (Phi) is 6.59. The van der Waals surface area contributed by atoms with E-state index in [0.717, 1.165) is 37.1 Å². The third kappa shape index (κ3) is 5.05. The van der Waals surface area contributed by atoms with E-state index in [1.54, 1.807) is 6.07 Å². The van der Waals surface area contributed by atoms with Gasteiger partial charge in [0.1, 0.15) is 0 Å². The predicted molar refractivity (Wildman–Crippen MR) is 102 cm³/mol. The van der Waals surface area contributed by atoms with Gasteiger partial charge in [-0.05, 0) is 62.8 Å². The lowest BCUT2D eigenvalue weighted by Gasteiger charge is -2.38. The van der Waals surface area contributed by atoms with Crippen LogP contribution in [0.2, 0.25) is 0 Å². The molecule has 1 aliphatic heterocycles. The van der Waals surface area contributed by atoms with Crippen molar-refractivity contribution in [3.63, 3.8) is 0 Å². The number of carbonyl (C=O) groups is 2. The van der Waals surface area contributed by atoms with Crippen molar-refractivity contribution in [3.8, 4) is 0 Å². The average molecular weight is 345 g/mol. The standard InChI is InChI=1S/C20H31N3O2/c1-13(2)11-19(24)22-17-9-8-16(12-14(17)3)20(25)23-10-6-5-7-18(23)15(4)21/h8-9,12-13,15,18H,5-7,10-11,21H2,1-4H3,(H,22,24). The normalized spacial score (nSPS) is 19.0. The number of nitrogens with zero attached hydrogens (tertiary/aromatic N) is 1. The average Bonchev–Trinajstić information content (AvgIpc) is 2.55. The number of piperidine rings is 1. The maximum Gasteiger partial charge on any atom is 0.254 e. The van der Waals surface area contributed by atoms with Crippen LogP contribution >= 0.6 is 0 Å². The van der Waals surface area contributed by atoms with Gasteiger partial charge in [-0.25, -0.2) is 0 Å². The second-order valence-corrected chi connectivity index (χ2v) is 7.60. The van der Waals surface area contributed by atoms with E-state index in [2.05, 4.69) is 5.32 Å². The number of carbonyl (C=O) groups excluding carboxylic acids is 2. The van der Waals surface area contributed by atoms with Crippen molar-refractivity contribution in [1.82, 2.24) is 4.90 Å². The number of hydrogen-bond acceptors (Lipinski definition) is 3. The summed E-state index contributed by atoms with van der Waals surface area (Å²) in [5, 5.41) is 2.93. The van der Waals surface area contributed by atoms with Crippen molar-refractivity contribution in [1.29, 1.82) is 0 Å². The molecule has 0 spiro atoms. The summed E-state index contributed by atoms with van der Waals surface area (Å²) in [5.41, 5.74) is 8.41. The first-order valence-corrected chi connectivity index (χ1v) is 9.26. The number of benzene rings is 1. The molecule has 0 aromatic heterocycles. The van der Waals surface area contributed by atoms with E-state index in [-0.39, 0.29) is 23.9 Å². The van der Waals surface area contributed by atoms with E-state index in [9.17, 15) is 9.59 Å². The van der Waals surface area contributed by atoms with E-state index in [0.29, 0.717) is 17.9 Å². The first-order valence-electron chi connectivity index (χ1n) is 9.26. The SMILES string of the molecule is Cc1cc(C(=O)N2CCCCC2C(C)N)ccc1NC(=O)CC(C)C. The molecule has 138 valence electrons. The lowest BCUT2D eigenvalue weighted by atomic mass is 9.95. The molecule has 5 nitrogen and oxygen atoms in total. The molecule has 0 saturated carbocycles. The Morgan fingerprint density at radius 3 is 2.60 bits per heavy atom. The quantitative estimate of drug-likeness (QED) is 0.859. The second-order valence-electron chi connectivity index (χ2n) is 7.60. The number of nitrogens with one attached hydrogen (secondary N) is 1. The zero-order valence-electron chi connectivity index (χ0n) is 15.8. The van der Waals surface area contributed by atoms with Gasteiger partial charge in [-0.2, -0.15) is 0 Å². The van der Waals surface area contributed by atoms with Crippen molar-refractivity contribution in [2.45, 2.75) is 65.5 Å². The van der Waals surface area contributed by atoms with E-state index in [1.165, 1.54) is 0 Å². The van der Waals surface area contributed by atoms with Crippen LogP contribution in [0.1, 0.15) is 62.4 Å². The molecule has 2 atom stereocenters. The zero-order chi connectivity index (χ0) is 18.6. The summed E-state index contributed by atoms with van der Waals surface area (Å²) in [6.45, 7) is 8.68. The van der Waals surface area contributed by atoms with Gasteiger partial charge in [-0.15, -0.1) is 0 Å². The second kappa shape index (κ2) is 8.48. The van der Waals surface area contributed by atoms with Crippen LogP contribution in [0.15, 0.2) is 18.2 Å². The molecule has 1 fully saturated rings. The van der Waals surface area contributed by atoms with Gasteiger partial charge in [0.15, 0.2) is 0 Å². The highest BCUT2D eigenvalue weighted by atomic mass is 16.2. The Balaban J connectivity index is 2.13. The van der Waals surface area contributed by atoms with Crippen LogP contribution in [0.5, 0.6) is 0 Å². The van der Waals surface area contributed by atoms with Gasteiger partial charge in [-0.3, -0.25) is 9.59 Å². The van der Waals surface area contributed by atoms with Gasteiger partial charge in [-0.1, -0.05) is 13.8 Å². The summed E-state index contributed by atoms with van der Waals surface area (Å²) >= 11 is 0. The maximum atomic E-state index is 12.9. The zero-order valence-corrected chi connectivity index (χ0v) is 15.8. The van der Waals surface area contributed by atoms with Crippen molar-refractivity contribution in [2.75, 3.05) is 11.9 Å². The van der Waals surface area contributed by atoms with Crippen LogP contribution in [0.25, 0.3) is 0 Å². The van der Waals surface area contributed by atoms with Crippen LogP contribution in [0, 0.1) is 12.8 Å². The monoisotopic (exact) mass is 345 g/mol. The summed E-state index contributed by atoms with van der Waals surface area (Å²) in [5.74, 6) is 0.353. The molecule has 1 aromatic rings. The molecular weight excluding hydrogens is 314 g/mol. The molecule has 1 aromatic carbocycles. The Labute approximate surface area is 151 Å². The fourth-order valence-electron chi connectivity index (χ4n) is 3.43. The summed E-state index contributed by atoms with van der Waals surface area (Å²) in [7, 11) is 0. The van der Waals surface area contributed by atoms with Gasteiger partial charge in [0.2, 0.25) is 5.91 Å². The minimum Gasteiger partial charge on any atom is -0.334 e. The lowest BCUT2D eigenvalue weighted by molar-refractivity contribution is -0.116.